The van der Waals surface area contributed by atoms with Crippen molar-refractivity contribution >= 4 is 39.7 Å². The highest BCUT2D eigenvalue weighted by atomic mass is 32.2. The Balaban J connectivity index is 1.53. The first kappa shape index (κ1) is 19.9. The first-order valence-electron chi connectivity index (χ1n) is 10.0. The first-order valence-corrected chi connectivity index (χ1v) is 11.2. The van der Waals surface area contributed by atoms with Gasteiger partial charge in [0.2, 0.25) is 0 Å². The number of hydrogen-bond acceptors (Lipinski definition) is 8. The summed E-state index contributed by atoms with van der Waals surface area (Å²) in [6.45, 7) is 1.39. The Labute approximate surface area is 181 Å². The molecular formula is C21H22N6O3S. The molecule has 2 aromatic heterocycles. The molecule has 10 heteroatoms. The van der Waals surface area contributed by atoms with Gasteiger partial charge in [-0.2, -0.15) is 0 Å². The maximum absolute atomic E-state index is 12.4. The number of fused-ring (bicyclic) bond motifs is 1. The number of hydrogen-bond donors (Lipinski definition) is 3. The standard InChI is InChI=1S/C21H22N6O3S/c1-22-31(29)15-4-5-17(27-7-2-3-14(28)10-27)16(9-15)25-20-18-19(13-6-8-30-11-13)26-21(18)24-12-23-20/h4-6,8-9,11-12,14,22,28H,2-3,7,10H2,1H3,(H,23,24,25,26). The lowest BCUT2D eigenvalue weighted by Crippen LogP contribution is -2.38. The van der Waals surface area contributed by atoms with Crippen molar-refractivity contribution in [3.8, 4) is 0 Å². The minimum atomic E-state index is -1.33. The number of anilines is 3. The molecule has 4 heterocycles. The van der Waals surface area contributed by atoms with Crippen LogP contribution in [0, 0.1) is 0 Å². The zero-order valence-electron chi connectivity index (χ0n) is 16.9. The molecule has 0 saturated carbocycles. The smallest absolute Gasteiger partial charge is 0.167 e. The molecule has 160 valence electrons. The van der Waals surface area contributed by atoms with E-state index in [-0.39, 0.29) is 6.10 Å². The third kappa shape index (κ3) is 3.73. The minimum absolute atomic E-state index is 0.368. The Morgan fingerprint density at radius 1 is 1.29 bits per heavy atom. The summed E-state index contributed by atoms with van der Waals surface area (Å²) in [4.78, 5) is 15.9. The molecule has 2 atom stereocenters. The van der Waals surface area contributed by atoms with E-state index < -0.39 is 11.0 Å². The molecule has 0 radical (unpaired) electrons. The Morgan fingerprint density at radius 2 is 2.19 bits per heavy atom. The van der Waals surface area contributed by atoms with Crippen molar-refractivity contribution in [3.05, 3.63) is 54.2 Å². The molecule has 2 aliphatic heterocycles. The predicted octanol–water partition coefficient (Wildman–Crippen LogP) is 2.50. The van der Waals surface area contributed by atoms with Crippen molar-refractivity contribution in [2.24, 2.45) is 4.99 Å². The van der Waals surface area contributed by atoms with Crippen LogP contribution in [0.2, 0.25) is 0 Å². The summed E-state index contributed by atoms with van der Waals surface area (Å²) in [6, 6.07) is 7.47. The second-order valence-electron chi connectivity index (χ2n) is 7.41. The van der Waals surface area contributed by atoms with E-state index in [2.05, 4.69) is 29.9 Å². The predicted molar refractivity (Wildman–Crippen MR) is 119 cm³/mol. The van der Waals surface area contributed by atoms with E-state index in [0.717, 1.165) is 47.6 Å². The van der Waals surface area contributed by atoms with Crippen molar-refractivity contribution in [2.75, 3.05) is 30.4 Å². The van der Waals surface area contributed by atoms with Gasteiger partial charge in [-0.05, 0) is 44.2 Å². The van der Waals surface area contributed by atoms with E-state index in [1.54, 1.807) is 19.6 Å². The van der Waals surface area contributed by atoms with Gasteiger partial charge in [0.25, 0.3) is 0 Å². The van der Waals surface area contributed by atoms with Crippen molar-refractivity contribution in [2.45, 2.75) is 23.8 Å². The van der Waals surface area contributed by atoms with E-state index >= 15 is 0 Å². The summed E-state index contributed by atoms with van der Waals surface area (Å²) in [5.74, 6) is 1.22. The van der Waals surface area contributed by atoms with Gasteiger partial charge in [-0.1, -0.05) is 0 Å². The number of aromatic nitrogens is 2. The number of aliphatic hydroxyl groups is 1. The Kier molecular flexibility index (Phi) is 5.26. The average Bonchev–Trinajstić information content (AvgIpc) is 3.28. The minimum Gasteiger partial charge on any atom is -0.472 e. The molecule has 9 nitrogen and oxygen atoms in total. The topological polar surface area (TPSA) is 116 Å². The van der Waals surface area contributed by atoms with Gasteiger partial charge < -0.3 is 19.7 Å². The summed E-state index contributed by atoms with van der Waals surface area (Å²) < 4.78 is 20.3. The highest BCUT2D eigenvalue weighted by molar-refractivity contribution is 7.83. The molecule has 2 aliphatic rings. The van der Waals surface area contributed by atoms with Crippen LogP contribution in [0.1, 0.15) is 24.0 Å². The van der Waals surface area contributed by atoms with Crippen LogP contribution in [0.3, 0.4) is 0 Å². The van der Waals surface area contributed by atoms with E-state index in [0.29, 0.717) is 23.1 Å². The highest BCUT2D eigenvalue weighted by Gasteiger charge is 2.28. The van der Waals surface area contributed by atoms with E-state index in [1.807, 2.05) is 24.3 Å². The largest absolute Gasteiger partial charge is 0.472 e. The lowest BCUT2D eigenvalue weighted by atomic mass is 10.0. The molecule has 1 fully saturated rings. The normalized spacial score (nSPS) is 18.7. The van der Waals surface area contributed by atoms with Gasteiger partial charge in [-0.3, -0.25) is 0 Å². The SMILES string of the molecule is CNS(=O)c1ccc(N2CCCC(O)C2)c(Nc2ncnc3c2C(c2ccoc2)=N3)c1. The van der Waals surface area contributed by atoms with Crippen LogP contribution < -0.4 is 14.9 Å². The average molecular weight is 439 g/mol. The lowest BCUT2D eigenvalue weighted by Gasteiger charge is -2.33. The highest BCUT2D eigenvalue weighted by Crippen LogP contribution is 2.38. The molecule has 2 unspecified atom stereocenters. The Bertz CT molecular complexity index is 1160. The number of β-amino-alcohol motifs (C(OH)–C–C–N with tert-alkyl or cyclic N) is 1. The molecule has 31 heavy (non-hydrogen) atoms. The number of furan rings is 1. The van der Waals surface area contributed by atoms with Crippen molar-refractivity contribution in [3.63, 3.8) is 0 Å². The number of rotatable bonds is 6. The number of aliphatic hydroxyl groups excluding tert-OH is 1. The first-order chi connectivity index (χ1) is 15.1. The van der Waals surface area contributed by atoms with Crippen LogP contribution in [-0.4, -0.2) is 51.2 Å². The van der Waals surface area contributed by atoms with Crippen molar-refractivity contribution in [1.29, 1.82) is 0 Å². The molecule has 0 bridgehead atoms. The number of nitrogens with zero attached hydrogens (tertiary/aromatic N) is 4. The van der Waals surface area contributed by atoms with E-state index in [1.165, 1.54) is 6.33 Å². The molecule has 0 spiro atoms. The molecule has 1 saturated heterocycles. The molecule has 5 rings (SSSR count). The van der Waals surface area contributed by atoms with Crippen molar-refractivity contribution in [1.82, 2.24) is 14.7 Å². The fraction of sp³-hybridized carbons (Fsp3) is 0.286. The van der Waals surface area contributed by atoms with Crippen LogP contribution >= 0.6 is 0 Å². The molecule has 3 N–H and O–H groups in total. The third-order valence-electron chi connectivity index (χ3n) is 5.43. The second kappa shape index (κ2) is 8.22. The summed E-state index contributed by atoms with van der Waals surface area (Å²) in [7, 11) is 0.319. The molecule has 0 amide bonds. The second-order valence-corrected chi connectivity index (χ2v) is 8.83. The maximum Gasteiger partial charge on any atom is 0.167 e. The summed E-state index contributed by atoms with van der Waals surface area (Å²) in [5.41, 5.74) is 4.11. The van der Waals surface area contributed by atoms with E-state index in [9.17, 15) is 9.32 Å². The number of piperidine rings is 1. The number of nitrogens with one attached hydrogen (secondary N) is 2. The van der Waals surface area contributed by atoms with Crippen molar-refractivity contribution < 1.29 is 13.7 Å². The number of benzene rings is 1. The Hall–Kier alpha value is -3.08. The van der Waals surface area contributed by atoms with Crippen LogP contribution in [0.25, 0.3) is 0 Å². The van der Waals surface area contributed by atoms with Gasteiger partial charge in [0.1, 0.15) is 23.1 Å². The molecule has 1 aromatic carbocycles. The number of aliphatic imine (C=N–C) groups is 1. The van der Waals surface area contributed by atoms with Gasteiger partial charge in [0.15, 0.2) is 5.82 Å². The van der Waals surface area contributed by atoms with Gasteiger partial charge in [-0.15, -0.1) is 0 Å². The van der Waals surface area contributed by atoms with Gasteiger partial charge in [0.05, 0.1) is 46.2 Å². The van der Waals surface area contributed by atoms with Gasteiger partial charge in [-0.25, -0.2) is 23.9 Å². The van der Waals surface area contributed by atoms with Crippen LogP contribution in [-0.2, 0) is 11.0 Å². The monoisotopic (exact) mass is 438 g/mol. The van der Waals surface area contributed by atoms with Crippen LogP contribution in [0.15, 0.2) is 57.4 Å². The summed E-state index contributed by atoms with van der Waals surface area (Å²) in [6.07, 6.45) is 6.04. The van der Waals surface area contributed by atoms with E-state index in [4.69, 9.17) is 4.42 Å². The zero-order chi connectivity index (χ0) is 21.4. The van der Waals surface area contributed by atoms with Gasteiger partial charge >= 0.3 is 0 Å². The zero-order valence-corrected chi connectivity index (χ0v) is 17.7. The fourth-order valence-corrected chi connectivity index (χ4v) is 4.57. The molecule has 3 aromatic rings. The molecular weight excluding hydrogens is 416 g/mol. The van der Waals surface area contributed by atoms with Crippen LogP contribution in [0.5, 0.6) is 0 Å². The summed E-state index contributed by atoms with van der Waals surface area (Å²) in [5, 5.41) is 13.6. The lowest BCUT2D eigenvalue weighted by molar-refractivity contribution is 0.154. The maximum atomic E-state index is 12.4. The van der Waals surface area contributed by atoms with Crippen LogP contribution in [0.4, 0.5) is 23.0 Å². The van der Waals surface area contributed by atoms with Gasteiger partial charge in [0, 0.05) is 18.7 Å². The third-order valence-corrected chi connectivity index (χ3v) is 6.49. The quantitative estimate of drug-likeness (QED) is 0.424. The fourth-order valence-electron chi connectivity index (χ4n) is 3.92. The Morgan fingerprint density at radius 3 is 2.97 bits per heavy atom. The summed E-state index contributed by atoms with van der Waals surface area (Å²) >= 11 is 0. The molecule has 0 aliphatic carbocycles.